The zero-order valence-corrected chi connectivity index (χ0v) is 12.1. The normalized spacial score (nSPS) is 12.2. The van der Waals surface area contributed by atoms with Gasteiger partial charge in [0.05, 0.1) is 7.11 Å². The Hall–Kier alpha value is -0.400. The highest BCUT2D eigenvalue weighted by Crippen LogP contribution is 2.14. The van der Waals surface area contributed by atoms with Gasteiger partial charge >= 0.3 is 5.97 Å². The Balaban J connectivity index is 2.45. The SMILES string of the molecule is COC(=O)C(I)CNCc1cc(Cl)ccc1F. The van der Waals surface area contributed by atoms with Crippen molar-refractivity contribution in [1.29, 1.82) is 0 Å². The van der Waals surface area contributed by atoms with Crippen LogP contribution in [0.15, 0.2) is 18.2 Å². The van der Waals surface area contributed by atoms with E-state index in [-0.39, 0.29) is 15.7 Å². The van der Waals surface area contributed by atoms with Gasteiger partial charge in [-0.3, -0.25) is 4.79 Å². The highest BCUT2D eigenvalue weighted by molar-refractivity contribution is 14.1. The minimum atomic E-state index is -0.315. The summed E-state index contributed by atoms with van der Waals surface area (Å²) in [5.74, 6) is -0.616. The first kappa shape index (κ1) is 14.7. The summed E-state index contributed by atoms with van der Waals surface area (Å²) in [6.45, 7) is 0.738. The Bertz CT molecular complexity index is 403. The van der Waals surface area contributed by atoms with Crippen molar-refractivity contribution >= 4 is 40.2 Å². The van der Waals surface area contributed by atoms with E-state index in [1.165, 1.54) is 19.2 Å². The monoisotopic (exact) mass is 371 g/mol. The number of hydrogen-bond acceptors (Lipinski definition) is 3. The molecule has 1 rings (SSSR count). The molecule has 0 saturated carbocycles. The van der Waals surface area contributed by atoms with E-state index in [4.69, 9.17) is 11.6 Å². The summed E-state index contributed by atoms with van der Waals surface area (Å²) in [7, 11) is 1.34. The Morgan fingerprint density at radius 3 is 3.00 bits per heavy atom. The zero-order chi connectivity index (χ0) is 12.8. The van der Waals surface area contributed by atoms with Gasteiger partial charge in [0.1, 0.15) is 9.74 Å². The van der Waals surface area contributed by atoms with Crippen LogP contribution in [0, 0.1) is 5.82 Å². The molecule has 0 aliphatic carbocycles. The lowest BCUT2D eigenvalue weighted by Gasteiger charge is -2.09. The summed E-state index contributed by atoms with van der Waals surface area (Å²) in [5.41, 5.74) is 0.478. The largest absolute Gasteiger partial charge is 0.468 e. The Morgan fingerprint density at radius 1 is 1.65 bits per heavy atom. The Kier molecular flexibility index (Phi) is 6.15. The van der Waals surface area contributed by atoms with Crippen molar-refractivity contribution in [2.75, 3.05) is 13.7 Å². The minimum Gasteiger partial charge on any atom is -0.468 e. The van der Waals surface area contributed by atoms with E-state index in [0.717, 1.165) is 0 Å². The van der Waals surface area contributed by atoms with Crippen molar-refractivity contribution in [3.05, 3.63) is 34.6 Å². The molecule has 1 aromatic carbocycles. The van der Waals surface area contributed by atoms with E-state index < -0.39 is 0 Å². The van der Waals surface area contributed by atoms with Crippen LogP contribution < -0.4 is 5.32 Å². The lowest BCUT2D eigenvalue weighted by Crippen LogP contribution is -2.29. The number of esters is 1. The van der Waals surface area contributed by atoms with Gasteiger partial charge in [-0.1, -0.05) is 34.2 Å². The van der Waals surface area contributed by atoms with E-state index in [0.29, 0.717) is 23.7 Å². The van der Waals surface area contributed by atoms with Gasteiger partial charge in [-0.25, -0.2) is 4.39 Å². The van der Waals surface area contributed by atoms with Gasteiger partial charge in [-0.05, 0) is 18.2 Å². The van der Waals surface area contributed by atoms with Crippen LogP contribution >= 0.6 is 34.2 Å². The van der Waals surface area contributed by atoms with Crippen molar-refractivity contribution in [3.8, 4) is 0 Å². The molecule has 0 saturated heterocycles. The number of methoxy groups -OCH3 is 1. The molecule has 0 aromatic heterocycles. The summed E-state index contributed by atoms with van der Waals surface area (Å²) in [6, 6.07) is 4.38. The molecule has 0 heterocycles. The molecule has 0 spiro atoms. The van der Waals surface area contributed by atoms with E-state index in [1.807, 2.05) is 22.6 Å². The maximum absolute atomic E-state index is 13.3. The van der Waals surface area contributed by atoms with E-state index in [2.05, 4.69) is 10.1 Å². The number of benzene rings is 1. The molecule has 0 fully saturated rings. The smallest absolute Gasteiger partial charge is 0.319 e. The Morgan fingerprint density at radius 2 is 2.35 bits per heavy atom. The number of alkyl halides is 1. The first-order valence-corrected chi connectivity index (χ1v) is 6.53. The molecule has 0 amide bonds. The van der Waals surface area contributed by atoms with Crippen LogP contribution in [0.1, 0.15) is 5.56 Å². The third kappa shape index (κ3) is 4.77. The van der Waals surface area contributed by atoms with Gasteiger partial charge in [0.25, 0.3) is 0 Å². The molecule has 0 radical (unpaired) electrons. The maximum atomic E-state index is 13.3. The van der Waals surface area contributed by atoms with Gasteiger partial charge in [0.15, 0.2) is 0 Å². The number of ether oxygens (including phenoxy) is 1. The van der Waals surface area contributed by atoms with Crippen LogP contribution in [-0.2, 0) is 16.1 Å². The molecule has 0 bridgehead atoms. The van der Waals surface area contributed by atoms with E-state index in [9.17, 15) is 9.18 Å². The number of carbonyl (C=O) groups excluding carboxylic acids is 1. The van der Waals surface area contributed by atoms with Crippen LogP contribution in [-0.4, -0.2) is 23.5 Å². The summed E-state index contributed by atoms with van der Waals surface area (Å²) in [4.78, 5) is 11.1. The number of rotatable bonds is 5. The van der Waals surface area contributed by atoms with Crippen molar-refractivity contribution in [2.24, 2.45) is 0 Å². The van der Waals surface area contributed by atoms with Crippen LogP contribution in [0.4, 0.5) is 4.39 Å². The predicted molar refractivity (Wildman–Crippen MR) is 72.9 cm³/mol. The standard InChI is InChI=1S/C11H12ClFINO2/c1-17-11(16)10(14)6-15-5-7-4-8(12)2-3-9(7)13/h2-4,10,15H,5-6H2,1H3. The molecule has 0 aliphatic heterocycles. The quantitative estimate of drug-likeness (QED) is 0.491. The first-order chi connectivity index (χ1) is 8.04. The van der Waals surface area contributed by atoms with Crippen molar-refractivity contribution in [3.63, 3.8) is 0 Å². The van der Waals surface area contributed by atoms with Gasteiger partial charge in [-0.2, -0.15) is 0 Å². The number of nitrogens with one attached hydrogen (secondary N) is 1. The van der Waals surface area contributed by atoms with Gasteiger partial charge in [-0.15, -0.1) is 0 Å². The van der Waals surface area contributed by atoms with Gasteiger partial charge in [0.2, 0.25) is 0 Å². The van der Waals surface area contributed by atoms with Gasteiger partial charge in [0, 0.05) is 23.7 Å². The molecule has 94 valence electrons. The Labute approximate surface area is 118 Å². The number of halogens is 3. The van der Waals surface area contributed by atoms with Crippen LogP contribution in [0.3, 0.4) is 0 Å². The van der Waals surface area contributed by atoms with Crippen molar-refractivity contribution < 1.29 is 13.9 Å². The molecule has 3 nitrogen and oxygen atoms in total. The highest BCUT2D eigenvalue weighted by Gasteiger charge is 2.14. The summed E-state index contributed by atoms with van der Waals surface area (Å²) in [5, 5.41) is 3.47. The summed E-state index contributed by atoms with van der Waals surface area (Å²) >= 11 is 7.73. The molecule has 1 unspecified atom stereocenters. The van der Waals surface area contributed by atoms with E-state index >= 15 is 0 Å². The number of carbonyl (C=O) groups is 1. The fourth-order valence-electron chi connectivity index (χ4n) is 1.22. The fourth-order valence-corrected chi connectivity index (χ4v) is 1.98. The molecule has 1 aromatic rings. The van der Waals surface area contributed by atoms with Gasteiger partial charge < -0.3 is 10.1 Å². The highest BCUT2D eigenvalue weighted by atomic mass is 127. The minimum absolute atomic E-state index is 0.292. The molecule has 17 heavy (non-hydrogen) atoms. The third-order valence-electron chi connectivity index (χ3n) is 2.10. The first-order valence-electron chi connectivity index (χ1n) is 4.91. The molecular weight excluding hydrogens is 359 g/mol. The van der Waals surface area contributed by atoms with Crippen LogP contribution in [0.25, 0.3) is 0 Å². The second-order valence-corrected chi connectivity index (χ2v) is 5.30. The lowest BCUT2D eigenvalue weighted by molar-refractivity contribution is -0.139. The molecular formula is C11H12ClFINO2. The average Bonchev–Trinajstić information content (AvgIpc) is 2.32. The molecule has 1 atom stereocenters. The molecule has 1 N–H and O–H groups in total. The van der Waals surface area contributed by atoms with Crippen molar-refractivity contribution in [1.82, 2.24) is 5.32 Å². The average molecular weight is 372 g/mol. The van der Waals surface area contributed by atoms with Crippen molar-refractivity contribution in [2.45, 2.75) is 10.5 Å². The molecule has 0 aliphatic rings. The molecule has 6 heteroatoms. The van der Waals surface area contributed by atoms with Crippen LogP contribution in [0.5, 0.6) is 0 Å². The topological polar surface area (TPSA) is 38.3 Å². The van der Waals surface area contributed by atoms with Crippen LogP contribution in [0.2, 0.25) is 5.02 Å². The third-order valence-corrected chi connectivity index (χ3v) is 3.29. The zero-order valence-electron chi connectivity index (χ0n) is 9.17. The summed E-state index contributed by atoms with van der Waals surface area (Å²) in [6.07, 6.45) is 0. The predicted octanol–water partition coefficient (Wildman–Crippen LogP) is 2.55. The summed E-state index contributed by atoms with van der Waals surface area (Å²) < 4.78 is 17.6. The fraction of sp³-hybridized carbons (Fsp3) is 0.364. The second kappa shape index (κ2) is 7.13. The maximum Gasteiger partial charge on any atom is 0.319 e. The number of hydrogen-bond donors (Lipinski definition) is 1. The van der Waals surface area contributed by atoms with E-state index in [1.54, 1.807) is 6.07 Å². The second-order valence-electron chi connectivity index (χ2n) is 3.36. The lowest BCUT2D eigenvalue weighted by atomic mass is 10.2.